The Morgan fingerprint density at radius 1 is 1.28 bits per heavy atom. The molecule has 4 heteroatoms. The zero-order chi connectivity index (χ0) is 13.0. The number of benzene rings is 1. The maximum Gasteiger partial charge on any atom is 0.342 e. The SMILES string of the molecule is CC(=O)c1ccc([C@]2(C)O[C@@]23CCOC3=O)cc1. The Bertz CT molecular complexity index is 533. The van der Waals surface area contributed by atoms with Crippen molar-refractivity contribution in [3.63, 3.8) is 0 Å². The third-order valence-electron chi connectivity index (χ3n) is 3.97. The highest BCUT2D eigenvalue weighted by Gasteiger charge is 2.75. The average molecular weight is 246 g/mol. The highest BCUT2D eigenvalue weighted by molar-refractivity contribution is 5.94. The fourth-order valence-electron chi connectivity index (χ4n) is 2.67. The van der Waals surface area contributed by atoms with Crippen molar-refractivity contribution in [2.24, 2.45) is 0 Å². The molecule has 0 N–H and O–H groups in total. The molecular formula is C14H14O4. The summed E-state index contributed by atoms with van der Waals surface area (Å²) in [5.41, 5.74) is 0.151. The van der Waals surface area contributed by atoms with E-state index in [4.69, 9.17) is 9.47 Å². The van der Waals surface area contributed by atoms with Crippen molar-refractivity contribution < 1.29 is 19.1 Å². The molecule has 2 aliphatic rings. The molecule has 0 radical (unpaired) electrons. The zero-order valence-corrected chi connectivity index (χ0v) is 10.4. The van der Waals surface area contributed by atoms with Crippen molar-refractivity contribution in [1.29, 1.82) is 0 Å². The van der Waals surface area contributed by atoms with E-state index in [1.165, 1.54) is 6.92 Å². The molecular weight excluding hydrogens is 232 g/mol. The van der Waals surface area contributed by atoms with Crippen LogP contribution in [0.1, 0.15) is 36.2 Å². The second kappa shape index (κ2) is 3.42. The molecule has 2 heterocycles. The van der Waals surface area contributed by atoms with Crippen molar-refractivity contribution in [2.75, 3.05) is 6.61 Å². The zero-order valence-electron chi connectivity index (χ0n) is 10.4. The number of ether oxygens (including phenoxy) is 2. The highest BCUT2D eigenvalue weighted by atomic mass is 16.7. The molecule has 0 bridgehead atoms. The Balaban J connectivity index is 1.92. The van der Waals surface area contributed by atoms with Gasteiger partial charge in [0.05, 0.1) is 6.61 Å². The van der Waals surface area contributed by atoms with Gasteiger partial charge in [-0.25, -0.2) is 4.79 Å². The van der Waals surface area contributed by atoms with Crippen molar-refractivity contribution >= 4 is 11.8 Å². The second-order valence-electron chi connectivity index (χ2n) is 4.98. The quantitative estimate of drug-likeness (QED) is 0.454. The van der Waals surface area contributed by atoms with Crippen molar-refractivity contribution in [1.82, 2.24) is 0 Å². The average Bonchev–Trinajstić information content (AvgIpc) is 2.80. The fourth-order valence-corrected chi connectivity index (χ4v) is 2.67. The molecule has 0 aliphatic carbocycles. The number of esters is 1. The van der Waals surface area contributed by atoms with E-state index in [1.54, 1.807) is 12.1 Å². The monoisotopic (exact) mass is 246 g/mol. The van der Waals surface area contributed by atoms with E-state index in [-0.39, 0.29) is 11.8 Å². The Hall–Kier alpha value is -1.68. The molecule has 2 aliphatic heterocycles. The summed E-state index contributed by atoms with van der Waals surface area (Å²) >= 11 is 0. The minimum Gasteiger partial charge on any atom is -0.463 e. The van der Waals surface area contributed by atoms with E-state index in [2.05, 4.69) is 0 Å². The first kappa shape index (κ1) is 11.4. The highest BCUT2D eigenvalue weighted by Crippen LogP contribution is 2.60. The molecule has 1 spiro atoms. The minimum absolute atomic E-state index is 0.0263. The molecule has 0 saturated carbocycles. The topological polar surface area (TPSA) is 55.9 Å². The van der Waals surface area contributed by atoms with Crippen molar-refractivity contribution in [2.45, 2.75) is 31.5 Å². The van der Waals surface area contributed by atoms with Crippen molar-refractivity contribution in [3.05, 3.63) is 35.4 Å². The van der Waals surface area contributed by atoms with Gasteiger partial charge in [-0.05, 0) is 19.4 Å². The van der Waals surface area contributed by atoms with Crippen LogP contribution in [-0.2, 0) is 19.9 Å². The summed E-state index contributed by atoms with van der Waals surface area (Å²) in [6.07, 6.45) is 0.594. The number of hydrogen-bond acceptors (Lipinski definition) is 4. The Labute approximate surface area is 105 Å². The summed E-state index contributed by atoms with van der Waals surface area (Å²) < 4.78 is 10.7. The van der Waals surface area contributed by atoms with Gasteiger partial charge in [-0.2, -0.15) is 0 Å². The molecule has 0 unspecified atom stereocenters. The van der Waals surface area contributed by atoms with Gasteiger partial charge in [0, 0.05) is 12.0 Å². The van der Waals surface area contributed by atoms with Crippen LogP contribution in [0.15, 0.2) is 24.3 Å². The molecule has 3 rings (SSSR count). The summed E-state index contributed by atoms with van der Waals surface area (Å²) in [6.45, 7) is 3.84. The second-order valence-corrected chi connectivity index (χ2v) is 4.98. The van der Waals surface area contributed by atoms with Crippen LogP contribution in [0.4, 0.5) is 0 Å². The molecule has 2 fully saturated rings. The Kier molecular flexibility index (Phi) is 2.17. The minimum atomic E-state index is -0.801. The van der Waals surface area contributed by atoms with E-state index >= 15 is 0 Å². The largest absolute Gasteiger partial charge is 0.463 e. The maximum absolute atomic E-state index is 11.7. The van der Waals surface area contributed by atoms with Crippen LogP contribution in [0.25, 0.3) is 0 Å². The van der Waals surface area contributed by atoms with Crippen LogP contribution in [-0.4, -0.2) is 24.0 Å². The van der Waals surface area contributed by atoms with Gasteiger partial charge >= 0.3 is 5.97 Å². The number of carbonyl (C=O) groups excluding carboxylic acids is 2. The standard InChI is InChI=1S/C14H14O4/c1-9(15)10-3-5-11(6-4-10)13(2)14(18-13)7-8-17-12(14)16/h3-6H,7-8H2,1-2H3/t13-,14+/m0/s1. The molecule has 4 nitrogen and oxygen atoms in total. The number of ketones is 1. The fraction of sp³-hybridized carbons (Fsp3) is 0.429. The third kappa shape index (κ3) is 1.29. The summed E-state index contributed by atoms with van der Waals surface area (Å²) in [6, 6.07) is 7.21. The summed E-state index contributed by atoms with van der Waals surface area (Å²) in [7, 11) is 0. The summed E-state index contributed by atoms with van der Waals surface area (Å²) in [5, 5.41) is 0. The molecule has 2 atom stereocenters. The first-order valence-electron chi connectivity index (χ1n) is 5.98. The number of Topliss-reactive ketones (excluding diaryl/α,β-unsaturated/α-hetero) is 1. The predicted molar refractivity (Wildman–Crippen MR) is 63.2 cm³/mol. The molecule has 1 aromatic carbocycles. The van der Waals surface area contributed by atoms with Crippen LogP contribution < -0.4 is 0 Å². The molecule has 94 valence electrons. The van der Waals surface area contributed by atoms with Gasteiger partial charge in [-0.1, -0.05) is 24.3 Å². The van der Waals surface area contributed by atoms with E-state index < -0.39 is 11.2 Å². The number of hydrogen-bond donors (Lipinski definition) is 0. The Morgan fingerprint density at radius 3 is 2.44 bits per heavy atom. The van der Waals surface area contributed by atoms with Gasteiger partial charge in [0.1, 0.15) is 5.60 Å². The lowest BCUT2D eigenvalue weighted by molar-refractivity contribution is -0.142. The van der Waals surface area contributed by atoms with Gasteiger partial charge < -0.3 is 9.47 Å². The molecule has 0 amide bonds. The van der Waals surface area contributed by atoms with Crippen molar-refractivity contribution in [3.8, 4) is 0 Å². The summed E-state index contributed by atoms with van der Waals surface area (Å²) in [4.78, 5) is 22.9. The van der Waals surface area contributed by atoms with Gasteiger partial charge in [-0.3, -0.25) is 4.79 Å². The van der Waals surface area contributed by atoms with Crippen LogP contribution in [0.3, 0.4) is 0 Å². The van der Waals surface area contributed by atoms with Gasteiger partial charge in [0.2, 0.25) is 5.60 Å². The third-order valence-corrected chi connectivity index (χ3v) is 3.97. The molecule has 0 aromatic heterocycles. The first-order valence-corrected chi connectivity index (χ1v) is 5.98. The van der Waals surface area contributed by atoms with E-state index in [0.29, 0.717) is 18.6 Å². The summed E-state index contributed by atoms with van der Waals surface area (Å²) in [5.74, 6) is -0.251. The van der Waals surface area contributed by atoms with E-state index in [1.807, 2.05) is 19.1 Å². The molecule has 2 saturated heterocycles. The van der Waals surface area contributed by atoms with Gasteiger partial charge in [-0.15, -0.1) is 0 Å². The van der Waals surface area contributed by atoms with Crippen LogP contribution >= 0.6 is 0 Å². The lowest BCUT2D eigenvalue weighted by Gasteiger charge is -2.09. The lowest BCUT2D eigenvalue weighted by Crippen LogP contribution is -2.26. The van der Waals surface area contributed by atoms with Crippen LogP contribution in [0, 0.1) is 0 Å². The number of epoxide rings is 1. The maximum atomic E-state index is 11.7. The number of rotatable bonds is 2. The first-order chi connectivity index (χ1) is 8.49. The molecule has 18 heavy (non-hydrogen) atoms. The predicted octanol–water partition coefficient (Wildman–Crippen LogP) is 1.82. The molecule has 1 aromatic rings. The number of carbonyl (C=O) groups is 2. The lowest BCUT2D eigenvalue weighted by atomic mass is 9.86. The Morgan fingerprint density at radius 2 is 1.94 bits per heavy atom. The van der Waals surface area contributed by atoms with E-state index in [0.717, 1.165) is 5.56 Å². The van der Waals surface area contributed by atoms with E-state index in [9.17, 15) is 9.59 Å². The number of cyclic esters (lactones) is 1. The van der Waals surface area contributed by atoms with Crippen LogP contribution in [0.2, 0.25) is 0 Å². The van der Waals surface area contributed by atoms with Gasteiger partial charge in [0.25, 0.3) is 0 Å². The van der Waals surface area contributed by atoms with Crippen LogP contribution in [0.5, 0.6) is 0 Å². The normalized spacial score (nSPS) is 33.6. The van der Waals surface area contributed by atoms with Gasteiger partial charge in [0.15, 0.2) is 5.78 Å². The smallest absolute Gasteiger partial charge is 0.342 e.